The number of nitrogens with zero attached hydrogens (tertiary/aromatic N) is 2. The third-order valence-electron chi connectivity index (χ3n) is 2.52. The van der Waals surface area contributed by atoms with Gasteiger partial charge >= 0.3 is 0 Å². The smallest absolute Gasteiger partial charge is 0.152 e. The van der Waals surface area contributed by atoms with Gasteiger partial charge in [0.1, 0.15) is 0 Å². The fraction of sp³-hybridized carbons (Fsp3) is 0.231. The van der Waals surface area contributed by atoms with Gasteiger partial charge in [-0.25, -0.2) is 4.98 Å². The molecule has 0 N–H and O–H groups in total. The summed E-state index contributed by atoms with van der Waals surface area (Å²) in [5, 5.41) is 0. The molecule has 0 saturated heterocycles. The van der Waals surface area contributed by atoms with Crippen molar-refractivity contribution in [1.82, 2.24) is 9.55 Å². The van der Waals surface area contributed by atoms with Crippen molar-refractivity contribution in [1.29, 1.82) is 0 Å². The van der Waals surface area contributed by atoms with E-state index in [4.69, 9.17) is 0 Å². The highest BCUT2D eigenvalue weighted by atomic mass is 16.1. The van der Waals surface area contributed by atoms with Crippen LogP contribution in [0.1, 0.15) is 13.3 Å². The van der Waals surface area contributed by atoms with Crippen LogP contribution in [0.4, 0.5) is 0 Å². The van der Waals surface area contributed by atoms with E-state index in [1.54, 1.807) is 12.5 Å². The molecule has 2 rings (SSSR count). The number of Topliss-reactive ketones (excluding diaryl/α,β-unsaturated/α-hetero) is 1. The molecular weight excluding hydrogens is 200 g/mol. The lowest BCUT2D eigenvalue weighted by Crippen LogP contribution is -2.08. The fourth-order valence-corrected chi connectivity index (χ4v) is 1.60. The Balaban J connectivity index is 2.29. The molecular formula is C13H14N2O. The van der Waals surface area contributed by atoms with Gasteiger partial charge in [0.2, 0.25) is 0 Å². The van der Waals surface area contributed by atoms with Crippen molar-refractivity contribution in [3.8, 4) is 11.3 Å². The van der Waals surface area contributed by atoms with Gasteiger partial charge in [-0.15, -0.1) is 0 Å². The summed E-state index contributed by atoms with van der Waals surface area (Å²) in [4.78, 5) is 15.5. The molecule has 82 valence electrons. The second-order valence-electron chi connectivity index (χ2n) is 3.67. The van der Waals surface area contributed by atoms with Crippen molar-refractivity contribution in [3.05, 3.63) is 42.9 Å². The highest BCUT2D eigenvalue weighted by Gasteiger charge is 2.07. The summed E-state index contributed by atoms with van der Waals surface area (Å²) in [6.45, 7) is 2.28. The molecule has 0 amide bonds. The SMILES string of the molecule is CCC(=O)Cn1cncc1-c1ccccc1. The lowest BCUT2D eigenvalue weighted by Gasteiger charge is -2.06. The van der Waals surface area contributed by atoms with E-state index in [0.29, 0.717) is 13.0 Å². The van der Waals surface area contributed by atoms with E-state index in [9.17, 15) is 4.79 Å². The highest BCUT2D eigenvalue weighted by Crippen LogP contribution is 2.18. The van der Waals surface area contributed by atoms with Crippen LogP contribution in [0.3, 0.4) is 0 Å². The Hall–Kier alpha value is -1.90. The van der Waals surface area contributed by atoms with E-state index in [2.05, 4.69) is 4.98 Å². The molecule has 3 heteroatoms. The zero-order valence-corrected chi connectivity index (χ0v) is 9.26. The first-order valence-electron chi connectivity index (χ1n) is 5.38. The van der Waals surface area contributed by atoms with Crippen molar-refractivity contribution in [2.75, 3.05) is 0 Å². The molecule has 0 fully saturated rings. The summed E-state index contributed by atoms with van der Waals surface area (Å²) in [6.07, 6.45) is 4.06. The molecule has 0 unspecified atom stereocenters. The van der Waals surface area contributed by atoms with Crippen molar-refractivity contribution in [2.45, 2.75) is 19.9 Å². The van der Waals surface area contributed by atoms with E-state index in [1.807, 2.05) is 41.8 Å². The van der Waals surface area contributed by atoms with Crippen molar-refractivity contribution in [3.63, 3.8) is 0 Å². The van der Waals surface area contributed by atoms with Crippen LogP contribution in [0.25, 0.3) is 11.3 Å². The van der Waals surface area contributed by atoms with E-state index >= 15 is 0 Å². The maximum absolute atomic E-state index is 11.4. The molecule has 2 aromatic rings. The number of imidazole rings is 1. The van der Waals surface area contributed by atoms with Crippen LogP contribution in [-0.4, -0.2) is 15.3 Å². The van der Waals surface area contributed by atoms with Crippen LogP contribution in [0.5, 0.6) is 0 Å². The van der Waals surface area contributed by atoms with Crippen LogP contribution < -0.4 is 0 Å². The number of rotatable bonds is 4. The summed E-state index contributed by atoms with van der Waals surface area (Å²) in [6, 6.07) is 9.97. The van der Waals surface area contributed by atoms with E-state index in [0.717, 1.165) is 11.3 Å². The van der Waals surface area contributed by atoms with Crippen LogP contribution in [0.2, 0.25) is 0 Å². The quantitative estimate of drug-likeness (QED) is 0.783. The van der Waals surface area contributed by atoms with Crippen LogP contribution in [-0.2, 0) is 11.3 Å². The maximum Gasteiger partial charge on any atom is 0.152 e. The zero-order chi connectivity index (χ0) is 11.4. The number of carbonyl (C=O) groups excluding carboxylic acids is 1. The van der Waals surface area contributed by atoms with Gasteiger partial charge in [-0.05, 0) is 5.56 Å². The topological polar surface area (TPSA) is 34.9 Å². The first kappa shape index (κ1) is 10.6. The second-order valence-corrected chi connectivity index (χ2v) is 3.67. The molecule has 0 spiro atoms. The van der Waals surface area contributed by atoms with Gasteiger partial charge in [-0.2, -0.15) is 0 Å². The number of ketones is 1. The Bertz CT molecular complexity index is 474. The summed E-state index contributed by atoms with van der Waals surface area (Å²) in [7, 11) is 0. The van der Waals surface area contributed by atoms with Crippen molar-refractivity contribution >= 4 is 5.78 Å². The molecule has 0 radical (unpaired) electrons. The van der Waals surface area contributed by atoms with E-state index in [-0.39, 0.29) is 5.78 Å². The third-order valence-corrected chi connectivity index (χ3v) is 2.52. The lowest BCUT2D eigenvalue weighted by atomic mass is 10.1. The Morgan fingerprint density at radius 2 is 2.06 bits per heavy atom. The first-order valence-corrected chi connectivity index (χ1v) is 5.38. The molecule has 0 aliphatic rings. The molecule has 0 atom stereocenters. The average molecular weight is 214 g/mol. The Labute approximate surface area is 94.7 Å². The Kier molecular flexibility index (Phi) is 3.15. The minimum absolute atomic E-state index is 0.218. The molecule has 1 aromatic carbocycles. The number of carbonyl (C=O) groups is 1. The van der Waals surface area contributed by atoms with Gasteiger partial charge in [0.05, 0.1) is 24.8 Å². The molecule has 0 saturated carbocycles. The molecule has 1 aromatic heterocycles. The standard InChI is InChI=1S/C13H14N2O/c1-2-12(16)9-15-10-14-8-13(15)11-6-4-3-5-7-11/h3-8,10H,2,9H2,1H3. The number of hydrogen-bond donors (Lipinski definition) is 0. The lowest BCUT2D eigenvalue weighted by molar-refractivity contribution is -0.119. The molecule has 0 bridgehead atoms. The van der Waals surface area contributed by atoms with Crippen molar-refractivity contribution < 1.29 is 4.79 Å². The van der Waals surface area contributed by atoms with Crippen LogP contribution in [0.15, 0.2) is 42.9 Å². The highest BCUT2D eigenvalue weighted by molar-refractivity contribution is 5.78. The summed E-state index contributed by atoms with van der Waals surface area (Å²) >= 11 is 0. The zero-order valence-electron chi connectivity index (χ0n) is 9.26. The van der Waals surface area contributed by atoms with Gasteiger partial charge in [0.25, 0.3) is 0 Å². The molecule has 16 heavy (non-hydrogen) atoms. The van der Waals surface area contributed by atoms with Gasteiger partial charge in [0, 0.05) is 6.42 Å². The van der Waals surface area contributed by atoms with Gasteiger partial charge in [-0.1, -0.05) is 37.3 Å². The summed E-state index contributed by atoms with van der Waals surface area (Å²) in [5.41, 5.74) is 2.08. The Morgan fingerprint density at radius 3 is 2.75 bits per heavy atom. The van der Waals surface area contributed by atoms with Crippen molar-refractivity contribution in [2.24, 2.45) is 0 Å². The Morgan fingerprint density at radius 1 is 1.31 bits per heavy atom. The largest absolute Gasteiger partial charge is 0.323 e. The number of hydrogen-bond acceptors (Lipinski definition) is 2. The van der Waals surface area contributed by atoms with Gasteiger partial charge < -0.3 is 4.57 Å². The van der Waals surface area contributed by atoms with E-state index in [1.165, 1.54) is 0 Å². The third kappa shape index (κ3) is 2.19. The molecule has 0 aliphatic heterocycles. The molecule has 1 heterocycles. The van der Waals surface area contributed by atoms with E-state index < -0.39 is 0 Å². The van der Waals surface area contributed by atoms with Gasteiger partial charge in [0.15, 0.2) is 5.78 Å². The molecule has 3 nitrogen and oxygen atoms in total. The first-order chi connectivity index (χ1) is 7.81. The fourth-order valence-electron chi connectivity index (χ4n) is 1.60. The summed E-state index contributed by atoms with van der Waals surface area (Å²) in [5.74, 6) is 0.218. The normalized spacial score (nSPS) is 10.3. The second kappa shape index (κ2) is 4.75. The minimum Gasteiger partial charge on any atom is -0.323 e. The number of benzene rings is 1. The van der Waals surface area contributed by atoms with Gasteiger partial charge in [-0.3, -0.25) is 4.79 Å². The predicted octanol–water partition coefficient (Wildman–Crippen LogP) is 2.53. The number of aromatic nitrogens is 2. The average Bonchev–Trinajstić information content (AvgIpc) is 2.78. The summed E-state index contributed by atoms with van der Waals surface area (Å²) < 4.78 is 1.89. The molecule has 0 aliphatic carbocycles. The maximum atomic E-state index is 11.4. The van der Waals surface area contributed by atoms with Crippen LogP contribution in [0, 0.1) is 0 Å². The minimum atomic E-state index is 0.218. The predicted molar refractivity (Wildman–Crippen MR) is 63.0 cm³/mol. The van der Waals surface area contributed by atoms with Crippen LogP contribution >= 0.6 is 0 Å². The monoisotopic (exact) mass is 214 g/mol.